The number of unbranched alkanes of at least 4 members (excludes halogenated alkanes) is 7. The van der Waals surface area contributed by atoms with Gasteiger partial charge in [-0.1, -0.05) is 228 Å². The van der Waals surface area contributed by atoms with E-state index in [0.717, 1.165) is 86.7 Å². The number of carbonyl (C=O) groups excluding carboxylic acids is 5. The number of carbonyl (C=O) groups is 5. The summed E-state index contributed by atoms with van der Waals surface area (Å²) in [6, 6.07) is 0. The Balaban J connectivity index is 0.000000161. The molecule has 0 N–H and O–H groups in total. The molecule has 25 atom stereocenters. The van der Waals surface area contributed by atoms with Crippen molar-refractivity contribution in [3.8, 4) is 0 Å². The van der Waals surface area contributed by atoms with Gasteiger partial charge < -0.3 is 33.2 Å². The van der Waals surface area contributed by atoms with Crippen molar-refractivity contribution in [1.29, 1.82) is 0 Å². The van der Waals surface area contributed by atoms with E-state index in [1.807, 2.05) is 34.6 Å². The molecule has 0 spiro atoms. The Bertz CT molecular complexity index is 2810. The van der Waals surface area contributed by atoms with Crippen LogP contribution in [0.5, 0.6) is 0 Å². The molecule has 632 valence electrons. The standard InChI is InChI=1S/3C14H24O2.2C14H22O2.2C14H26O/c5*1-4-5-7-14(3)8-6-11-10(2)13(15)16-12(11)9-14;2*1-4-5-7-14(3)8-6-12-11(2)10-15-13(12)9-14/h3*10-12H,4-9H2,1-3H3;12H,4-9H2,1-3H3;9-11H,4-8H2,1-3H3;2*11-13H,4-10H2,1-3H3/t10?,11-,12?,14?;10-,11+,12-,14?;10-,11-,12+,14?;;;11?,12-,13+,14?;/m101..0./s1. The minimum absolute atomic E-state index is 0.0315. The van der Waals surface area contributed by atoms with Crippen molar-refractivity contribution in [2.45, 2.75) is 445 Å². The molecule has 12 heteroatoms. The largest absolute Gasteiger partial charge is 0.462 e. The van der Waals surface area contributed by atoms with Crippen LogP contribution >= 0.6 is 0 Å². The maximum absolute atomic E-state index is 11.5. The van der Waals surface area contributed by atoms with Crippen LogP contribution in [-0.2, 0) is 57.1 Å². The van der Waals surface area contributed by atoms with E-state index in [1.54, 1.807) is 0 Å². The first-order chi connectivity index (χ1) is 52.1. The van der Waals surface area contributed by atoms with Gasteiger partial charge in [0, 0.05) is 42.5 Å². The van der Waals surface area contributed by atoms with E-state index in [1.165, 1.54) is 230 Å². The van der Waals surface area contributed by atoms with E-state index in [0.29, 0.717) is 68.4 Å². The number of esters is 5. The molecule has 16 unspecified atom stereocenters. The van der Waals surface area contributed by atoms with Crippen LogP contribution in [0.15, 0.2) is 23.0 Å². The maximum Gasteiger partial charge on any atom is 0.334 e. The highest BCUT2D eigenvalue weighted by Gasteiger charge is 2.53. The van der Waals surface area contributed by atoms with E-state index in [9.17, 15) is 24.0 Å². The molecule has 6 saturated carbocycles. The summed E-state index contributed by atoms with van der Waals surface area (Å²) in [7, 11) is 0. The average molecular weight is 1540 g/mol. The zero-order valence-electron chi connectivity index (χ0n) is 74.8. The van der Waals surface area contributed by atoms with Crippen molar-refractivity contribution in [2.24, 2.45) is 109 Å². The Labute approximate surface area is 673 Å². The SMILES string of the molecule is CCCCC1(C)C=C2OC(=O)C(C)C2CC1.CCCCC1(C)CCC2=C(C)C(=O)OC2C1.CCCCC1(C)CCC2C(C)COC2C1.CCCCC1(C)CC[C@H]2C(C)CO[C@@H]2C1.CCCCC1(C)CC[C@H]2C(C1)OC(=O)C2C.CCCCC1(C)CC[C@H]2[C@H](C1)OC(=O)[C@@H]2C.CCCCC1(C)CC[C@H]2[C@H](C1)OC(=O)[C@H]2C. The van der Waals surface area contributed by atoms with Crippen LogP contribution in [0, 0.1) is 109 Å². The van der Waals surface area contributed by atoms with Gasteiger partial charge in [0.1, 0.15) is 30.2 Å². The molecule has 6 saturated heterocycles. The van der Waals surface area contributed by atoms with Gasteiger partial charge in [-0.25, -0.2) is 4.79 Å². The number of rotatable bonds is 21. The first-order valence-electron chi connectivity index (χ1n) is 46.8. The lowest BCUT2D eigenvalue weighted by molar-refractivity contribution is -0.146. The summed E-state index contributed by atoms with van der Waals surface area (Å²) in [6.07, 6.45) is 56.1. The molecule has 7 aliphatic carbocycles. The molecular formula is C98H168O12. The van der Waals surface area contributed by atoms with Crippen molar-refractivity contribution < 1.29 is 57.1 Å². The third-order valence-electron chi connectivity index (χ3n) is 31.8. The maximum atomic E-state index is 11.5. The van der Waals surface area contributed by atoms with Crippen molar-refractivity contribution in [2.75, 3.05) is 13.2 Å². The van der Waals surface area contributed by atoms with Gasteiger partial charge in [0.15, 0.2) is 0 Å². The highest BCUT2D eigenvalue weighted by atomic mass is 16.6. The Morgan fingerprint density at radius 3 is 1.02 bits per heavy atom. The molecular weight excluding hydrogens is 1370 g/mol. The molecule has 0 aromatic rings. The van der Waals surface area contributed by atoms with E-state index in [2.05, 4.69) is 117 Å². The molecule has 7 aliphatic heterocycles. The van der Waals surface area contributed by atoms with Crippen LogP contribution in [-0.4, -0.2) is 79.7 Å². The minimum atomic E-state index is -0.0836. The topological polar surface area (TPSA) is 150 Å². The van der Waals surface area contributed by atoms with E-state index in [4.69, 9.17) is 33.2 Å². The van der Waals surface area contributed by atoms with Crippen molar-refractivity contribution in [1.82, 2.24) is 0 Å². The molecule has 0 radical (unpaired) electrons. The molecule has 12 fully saturated rings. The Morgan fingerprint density at radius 2 is 0.673 bits per heavy atom. The van der Waals surface area contributed by atoms with Crippen LogP contribution in [0.25, 0.3) is 0 Å². The fourth-order valence-electron chi connectivity index (χ4n) is 23.1. The molecule has 0 bridgehead atoms. The molecule has 7 heterocycles. The second kappa shape index (κ2) is 41.2. The smallest absolute Gasteiger partial charge is 0.334 e. The van der Waals surface area contributed by atoms with Crippen molar-refractivity contribution >= 4 is 29.8 Å². The molecule has 0 aromatic carbocycles. The normalized spacial score (nSPS) is 41.6. The molecule has 0 amide bonds. The van der Waals surface area contributed by atoms with Gasteiger partial charge in [-0.2, -0.15) is 0 Å². The molecule has 0 aromatic heterocycles. The predicted octanol–water partition coefficient (Wildman–Crippen LogP) is 25.9. The van der Waals surface area contributed by atoms with Gasteiger partial charge >= 0.3 is 29.8 Å². The molecule has 14 rings (SSSR count). The van der Waals surface area contributed by atoms with Gasteiger partial charge in [-0.15, -0.1) is 0 Å². The lowest BCUT2D eigenvalue weighted by atomic mass is 9.66. The third kappa shape index (κ3) is 24.4. The summed E-state index contributed by atoms with van der Waals surface area (Å²) in [6.45, 7) is 49.2. The van der Waals surface area contributed by atoms with Crippen LogP contribution in [0.3, 0.4) is 0 Å². The summed E-state index contributed by atoms with van der Waals surface area (Å²) < 4.78 is 39.2. The highest BCUT2D eigenvalue weighted by Crippen LogP contribution is 2.55. The monoisotopic (exact) mass is 1540 g/mol. The van der Waals surface area contributed by atoms with E-state index in [-0.39, 0.29) is 83.3 Å². The summed E-state index contributed by atoms with van der Waals surface area (Å²) in [5.74, 6) is 6.69. The predicted molar refractivity (Wildman–Crippen MR) is 448 cm³/mol. The zero-order valence-corrected chi connectivity index (χ0v) is 74.8. The minimum Gasteiger partial charge on any atom is -0.462 e. The van der Waals surface area contributed by atoms with Crippen LogP contribution in [0.4, 0.5) is 0 Å². The second-order valence-corrected chi connectivity index (χ2v) is 41.9. The van der Waals surface area contributed by atoms with Crippen molar-refractivity contribution in [3.05, 3.63) is 23.0 Å². The van der Waals surface area contributed by atoms with Gasteiger partial charge in [0.25, 0.3) is 0 Å². The molecule has 110 heavy (non-hydrogen) atoms. The second-order valence-electron chi connectivity index (χ2n) is 41.9. The van der Waals surface area contributed by atoms with E-state index >= 15 is 0 Å². The summed E-state index contributed by atoms with van der Waals surface area (Å²) in [5.41, 5.74) is 5.22. The quantitative estimate of drug-likeness (QED) is 0.0795. The number of allylic oxidation sites excluding steroid dienone is 2. The average Bonchev–Trinajstić information content (AvgIpc) is 1.68. The van der Waals surface area contributed by atoms with Gasteiger partial charge in [0.2, 0.25) is 0 Å². The fourth-order valence-corrected chi connectivity index (χ4v) is 23.1. The van der Waals surface area contributed by atoms with Crippen molar-refractivity contribution in [3.63, 3.8) is 0 Å². The highest BCUT2D eigenvalue weighted by molar-refractivity contribution is 5.91. The lowest BCUT2D eigenvalue weighted by Crippen LogP contribution is -2.34. The summed E-state index contributed by atoms with van der Waals surface area (Å²) in [5, 5.41) is 0. The van der Waals surface area contributed by atoms with E-state index < -0.39 is 0 Å². The Kier molecular flexibility index (Phi) is 34.6. The number of fused-ring (bicyclic) bond motifs is 7. The molecule has 12 nitrogen and oxygen atoms in total. The lowest BCUT2D eigenvalue weighted by Gasteiger charge is -2.40. The first-order valence-corrected chi connectivity index (χ1v) is 46.8. The number of hydrogen-bond acceptors (Lipinski definition) is 12. The van der Waals surface area contributed by atoms with Crippen LogP contribution in [0.1, 0.15) is 409 Å². The summed E-state index contributed by atoms with van der Waals surface area (Å²) in [4.78, 5) is 57.6. The number of ether oxygens (including phenoxy) is 7. The first kappa shape index (κ1) is 92.3. The molecule has 14 aliphatic rings. The summed E-state index contributed by atoms with van der Waals surface area (Å²) >= 11 is 0. The third-order valence-corrected chi connectivity index (χ3v) is 31.8. The van der Waals surface area contributed by atoms with Gasteiger partial charge in [-0.3, -0.25) is 19.2 Å². The van der Waals surface area contributed by atoms with Crippen LogP contribution < -0.4 is 0 Å². The van der Waals surface area contributed by atoms with Gasteiger partial charge in [-0.05, 0) is 254 Å². The van der Waals surface area contributed by atoms with Gasteiger partial charge in [0.05, 0.1) is 35.9 Å². The van der Waals surface area contributed by atoms with Crippen LogP contribution in [0.2, 0.25) is 0 Å². The zero-order chi connectivity index (χ0) is 80.6. The number of hydrogen-bond donors (Lipinski definition) is 0. The Morgan fingerprint density at radius 1 is 0.355 bits per heavy atom. The Hall–Kier alpha value is -3.25. The fraction of sp³-hybridized carbons (Fsp3) is 0.908.